The minimum Gasteiger partial charge on any atom is -0.459 e. The van der Waals surface area contributed by atoms with E-state index in [0.29, 0.717) is 30.6 Å². The predicted octanol–water partition coefficient (Wildman–Crippen LogP) is 5.75. The topological polar surface area (TPSA) is 107 Å². The van der Waals surface area contributed by atoms with Gasteiger partial charge in [0.1, 0.15) is 11.7 Å². The molecule has 4 aliphatic carbocycles. The second kappa shape index (κ2) is 11.6. The Kier molecular flexibility index (Phi) is 8.80. The van der Waals surface area contributed by atoms with Crippen molar-refractivity contribution in [3.05, 3.63) is 0 Å². The fourth-order valence-corrected chi connectivity index (χ4v) is 8.34. The molecule has 3 saturated heterocycles. The first-order valence-corrected chi connectivity index (χ1v) is 16.6. The van der Waals surface area contributed by atoms with Crippen molar-refractivity contribution in [3.63, 3.8) is 0 Å². The number of carbonyl (C=O) groups excluding carboxylic acids is 3. The monoisotopic (exact) mass is 606 g/mol. The largest absolute Gasteiger partial charge is 0.459 e. The average molecular weight is 607 g/mol. The van der Waals surface area contributed by atoms with Gasteiger partial charge < -0.3 is 28.4 Å². The van der Waals surface area contributed by atoms with Gasteiger partial charge in [0.15, 0.2) is 18.5 Å². The summed E-state index contributed by atoms with van der Waals surface area (Å²) in [5, 5.41) is 0. The van der Waals surface area contributed by atoms with Crippen LogP contribution in [0.25, 0.3) is 0 Å². The molecule has 3 aliphatic heterocycles. The minimum absolute atomic E-state index is 0.0424. The molecule has 0 spiro atoms. The standard InChI is InChI=1S/C21H36O4.C13H18O5/c1-7-19(4,5)18(22)25-21-11-15-8-16(12-21)10-20(9-15,13-21)24-17(23-6)14(2)3;1-4-13(2,3)12(15)18-9-7-5-6-8(16-7)10(9)17-11(6)14/h14-17H,7-13H2,1-6H3;6-10H,4-5H2,1-3H3. The number of fused-ring (bicyclic) bond motifs is 1. The Hall–Kier alpha value is -1.71. The summed E-state index contributed by atoms with van der Waals surface area (Å²) in [6.07, 6.45) is 7.06. The molecule has 7 fully saturated rings. The Morgan fingerprint density at radius 3 is 2.05 bits per heavy atom. The van der Waals surface area contributed by atoms with Crippen LogP contribution in [0, 0.1) is 34.5 Å². The van der Waals surface area contributed by atoms with E-state index in [2.05, 4.69) is 20.8 Å². The van der Waals surface area contributed by atoms with Gasteiger partial charge in [-0.1, -0.05) is 27.7 Å². The Bertz CT molecular complexity index is 1070. The zero-order chi connectivity index (χ0) is 31.5. The molecule has 8 unspecified atom stereocenters. The van der Waals surface area contributed by atoms with Crippen LogP contribution in [0.5, 0.6) is 0 Å². The zero-order valence-corrected chi connectivity index (χ0v) is 27.7. The molecular weight excluding hydrogens is 552 g/mol. The molecule has 0 aromatic heterocycles. The first-order chi connectivity index (χ1) is 20.1. The third kappa shape index (κ3) is 6.11. The van der Waals surface area contributed by atoms with Crippen LogP contribution >= 0.6 is 0 Å². The smallest absolute Gasteiger partial charge is 0.312 e. The van der Waals surface area contributed by atoms with Crippen LogP contribution < -0.4 is 0 Å². The number of hydrogen-bond donors (Lipinski definition) is 0. The maximum atomic E-state index is 12.8. The normalized spacial score (nSPS) is 39.4. The molecule has 0 aromatic rings. The van der Waals surface area contributed by atoms with E-state index in [9.17, 15) is 14.4 Å². The predicted molar refractivity (Wildman–Crippen MR) is 158 cm³/mol. The van der Waals surface area contributed by atoms with E-state index in [1.165, 1.54) is 6.42 Å². The third-order valence-electron chi connectivity index (χ3n) is 11.3. The van der Waals surface area contributed by atoms with E-state index in [4.69, 9.17) is 28.4 Å². The van der Waals surface area contributed by atoms with Crippen molar-refractivity contribution in [2.45, 2.75) is 155 Å². The number of rotatable bonds is 10. The Morgan fingerprint density at radius 1 is 0.907 bits per heavy atom. The zero-order valence-electron chi connectivity index (χ0n) is 27.7. The fraction of sp³-hybridized carbons (Fsp3) is 0.912. The Balaban J connectivity index is 0.000000180. The molecule has 9 nitrogen and oxygen atoms in total. The summed E-state index contributed by atoms with van der Waals surface area (Å²) in [7, 11) is 1.73. The van der Waals surface area contributed by atoms with Crippen LogP contribution in [0.3, 0.4) is 0 Å². The van der Waals surface area contributed by atoms with Crippen LogP contribution in [0.1, 0.15) is 113 Å². The second-order valence-electron chi connectivity index (χ2n) is 15.9. The quantitative estimate of drug-likeness (QED) is 0.175. The molecular formula is C34H54O9. The minimum atomic E-state index is -0.510. The van der Waals surface area contributed by atoms with Crippen LogP contribution in [0.2, 0.25) is 0 Å². The van der Waals surface area contributed by atoms with Gasteiger partial charge in [0.2, 0.25) is 0 Å². The van der Waals surface area contributed by atoms with E-state index in [0.717, 1.165) is 38.5 Å². The summed E-state index contributed by atoms with van der Waals surface area (Å²) in [4.78, 5) is 36.4. The maximum absolute atomic E-state index is 12.8. The number of carbonyl (C=O) groups is 3. The van der Waals surface area contributed by atoms with Gasteiger partial charge in [0, 0.05) is 19.4 Å². The molecule has 6 bridgehead atoms. The highest BCUT2D eigenvalue weighted by Crippen LogP contribution is 2.61. The Labute approximate surface area is 257 Å². The van der Waals surface area contributed by atoms with Gasteiger partial charge >= 0.3 is 17.9 Å². The van der Waals surface area contributed by atoms with E-state index >= 15 is 0 Å². The lowest BCUT2D eigenvalue weighted by Gasteiger charge is -2.61. The molecule has 0 N–H and O–H groups in total. The van der Waals surface area contributed by atoms with Crippen molar-refractivity contribution >= 4 is 17.9 Å². The molecule has 0 amide bonds. The molecule has 0 radical (unpaired) electrons. The summed E-state index contributed by atoms with van der Waals surface area (Å²) in [6.45, 7) is 16.0. The SMILES string of the molecule is CCC(C)(C)C(=O)OC12CC3CC(C1)CC(OC(OC)C(C)C)(C3)C2.CCC(C)(C)C(=O)OC1C2CC3C(=O)OC1C3O2. The van der Waals surface area contributed by atoms with Crippen LogP contribution in [-0.2, 0) is 42.8 Å². The average Bonchev–Trinajstić information content (AvgIpc) is 3.56. The number of esters is 3. The van der Waals surface area contributed by atoms with Crippen LogP contribution in [0.15, 0.2) is 0 Å². The molecule has 7 aliphatic rings. The van der Waals surface area contributed by atoms with Crippen molar-refractivity contribution in [1.29, 1.82) is 0 Å². The van der Waals surface area contributed by atoms with Gasteiger partial charge in [-0.15, -0.1) is 0 Å². The van der Waals surface area contributed by atoms with Crippen LogP contribution in [0.4, 0.5) is 0 Å². The van der Waals surface area contributed by atoms with E-state index in [1.807, 2.05) is 34.6 Å². The lowest BCUT2D eigenvalue weighted by molar-refractivity contribution is -0.289. The number of methoxy groups -OCH3 is 1. The van der Waals surface area contributed by atoms with Gasteiger partial charge in [-0.25, -0.2) is 0 Å². The number of hydrogen-bond acceptors (Lipinski definition) is 9. The lowest BCUT2D eigenvalue weighted by Crippen LogP contribution is -2.62. The molecule has 3 heterocycles. The molecule has 9 heteroatoms. The van der Waals surface area contributed by atoms with Gasteiger partial charge in [0.25, 0.3) is 0 Å². The van der Waals surface area contributed by atoms with E-state index in [1.54, 1.807) is 7.11 Å². The van der Waals surface area contributed by atoms with Crippen molar-refractivity contribution < 1.29 is 42.8 Å². The highest BCUT2D eigenvalue weighted by atomic mass is 16.7. The van der Waals surface area contributed by atoms with Gasteiger partial charge in [0.05, 0.1) is 28.5 Å². The van der Waals surface area contributed by atoms with Crippen molar-refractivity contribution in [2.75, 3.05) is 7.11 Å². The second-order valence-corrected chi connectivity index (χ2v) is 15.9. The van der Waals surface area contributed by atoms with Gasteiger partial charge in [-0.3, -0.25) is 14.4 Å². The third-order valence-corrected chi connectivity index (χ3v) is 11.3. The van der Waals surface area contributed by atoms with Crippen molar-refractivity contribution in [3.8, 4) is 0 Å². The molecule has 7 rings (SSSR count). The van der Waals surface area contributed by atoms with Crippen molar-refractivity contribution in [1.82, 2.24) is 0 Å². The summed E-state index contributed by atoms with van der Waals surface area (Å²) >= 11 is 0. The van der Waals surface area contributed by atoms with E-state index < -0.39 is 23.0 Å². The summed E-state index contributed by atoms with van der Waals surface area (Å²) in [6, 6.07) is 0. The first kappa shape index (κ1) is 32.7. The first-order valence-electron chi connectivity index (χ1n) is 16.6. The van der Waals surface area contributed by atoms with Gasteiger partial charge in [-0.2, -0.15) is 0 Å². The summed E-state index contributed by atoms with van der Waals surface area (Å²) in [5.74, 6) is 0.905. The number of ether oxygens (including phenoxy) is 6. The molecule has 8 atom stereocenters. The Morgan fingerprint density at radius 2 is 1.49 bits per heavy atom. The summed E-state index contributed by atoms with van der Waals surface area (Å²) < 4.78 is 34.9. The lowest BCUT2D eigenvalue weighted by atomic mass is 9.52. The highest BCUT2D eigenvalue weighted by Gasteiger charge is 2.65. The van der Waals surface area contributed by atoms with Crippen molar-refractivity contribution in [2.24, 2.45) is 34.5 Å². The summed E-state index contributed by atoms with van der Waals surface area (Å²) in [5.41, 5.74) is -1.41. The van der Waals surface area contributed by atoms with Gasteiger partial charge in [-0.05, 0) is 90.9 Å². The van der Waals surface area contributed by atoms with Crippen LogP contribution in [-0.4, -0.2) is 66.9 Å². The fourth-order valence-electron chi connectivity index (χ4n) is 8.34. The molecule has 0 aromatic carbocycles. The van der Waals surface area contributed by atoms with E-state index in [-0.39, 0.29) is 53.5 Å². The molecule has 244 valence electrons. The highest BCUT2D eigenvalue weighted by molar-refractivity contribution is 5.79. The maximum Gasteiger partial charge on any atom is 0.312 e. The molecule has 4 saturated carbocycles. The molecule has 43 heavy (non-hydrogen) atoms.